The Morgan fingerprint density at radius 3 is 2.89 bits per heavy atom. The van der Waals surface area contributed by atoms with Crippen molar-refractivity contribution in [3.05, 3.63) is 46.3 Å². The van der Waals surface area contributed by atoms with Gasteiger partial charge in [-0.1, -0.05) is 11.6 Å². The first-order valence-electron chi connectivity index (χ1n) is 5.84. The Hall–Kier alpha value is -2.50. The van der Waals surface area contributed by atoms with Crippen molar-refractivity contribution in [1.29, 1.82) is 0 Å². The van der Waals surface area contributed by atoms with Crippen LogP contribution in [0.3, 0.4) is 0 Å². The zero-order valence-electron chi connectivity index (χ0n) is 10.8. The minimum absolute atomic E-state index is 0.0348. The van der Waals surface area contributed by atoms with Crippen molar-refractivity contribution >= 4 is 22.4 Å². The molecule has 1 aromatic heterocycles. The molecular formula is C13H14N4O2. The normalized spacial score (nSPS) is 10.2. The van der Waals surface area contributed by atoms with E-state index in [4.69, 9.17) is 0 Å². The molecule has 0 aliphatic carbocycles. The molecule has 6 heteroatoms. The zero-order chi connectivity index (χ0) is 13.8. The van der Waals surface area contributed by atoms with Crippen molar-refractivity contribution in [3.8, 4) is 0 Å². The molecule has 19 heavy (non-hydrogen) atoms. The SMILES string of the molecule is CC(C)=CCNc1ncnc2ccc([N+](=O)[O-])cc12. The van der Waals surface area contributed by atoms with Crippen LogP contribution in [0, 0.1) is 10.1 Å². The second-order valence-corrected chi connectivity index (χ2v) is 4.34. The van der Waals surface area contributed by atoms with Crippen LogP contribution in [0.2, 0.25) is 0 Å². The Labute approximate surface area is 110 Å². The first-order valence-corrected chi connectivity index (χ1v) is 5.84. The van der Waals surface area contributed by atoms with Crippen LogP contribution in [-0.2, 0) is 0 Å². The molecule has 0 fully saturated rings. The number of benzene rings is 1. The van der Waals surface area contributed by atoms with Crippen LogP contribution in [-0.4, -0.2) is 21.4 Å². The van der Waals surface area contributed by atoms with Crippen molar-refractivity contribution in [2.75, 3.05) is 11.9 Å². The number of aromatic nitrogens is 2. The van der Waals surface area contributed by atoms with E-state index < -0.39 is 4.92 Å². The van der Waals surface area contributed by atoms with E-state index in [0.717, 1.165) is 0 Å². The van der Waals surface area contributed by atoms with Gasteiger partial charge in [0, 0.05) is 24.1 Å². The molecule has 1 N–H and O–H groups in total. The average molecular weight is 258 g/mol. The summed E-state index contributed by atoms with van der Waals surface area (Å²) in [5.74, 6) is 0.603. The van der Waals surface area contributed by atoms with E-state index in [1.807, 2.05) is 19.9 Å². The van der Waals surface area contributed by atoms with Gasteiger partial charge in [0.2, 0.25) is 0 Å². The van der Waals surface area contributed by atoms with Gasteiger partial charge >= 0.3 is 0 Å². The van der Waals surface area contributed by atoms with Gasteiger partial charge in [0.15, 0.2) is 0 Å². The summed E-state index contributed by atoms with van der Waals surface area (Å²) in [4.78, 5) is 18.6. The number of fused-ring (bicyclic) bond motifs is 1. The Balaban J connectivity index is 2.39. The zero-order valence-corrected chi connectivity index (χ0v) is 10.8. The van der Waals surface area contributed by atoms with Gasteiger partial charge in [0.1, 0.15) is 12.1 Å². The molecule has 0 saturated carbocycles. The molecule has 2 aromatic rings. The van der Waals surface area contributed by atoms with E-state index in [1.54, 1.807) is 6.07 Å². The van der Waals surface area contributed by atoms with Crippen LogP contribution in [0.15, 0.2) is 36.2 Å². The van der Waals surface area contributed by atoms with Crippen molar-refractivity contribution in [1.82, 2.24) is 9.97 Å². The third-order valence-electron chi connectivity index (χ3n) is 2.61. The van der Waals surface area contributed by atoms with Crippen LogP contribution in [0.4, 0.5) is 11.5 Å². The van der Waals surface area contributed by atoms with E-state index >= 15 is 0 Å². The van der Waals surface area contributed by atoms with Crippen molar-refractivity contribution in [2.45, 2.75) is 13.8 Å². The fourth-order valence-electron chi connectivity index (χ4n) is 1.65. The van der Waals surface area contributed by atoms with Gasteiger partial charge in [-0.15, -0.1) is 0 Å². The van der Waals surface area contributed by atoms with Crippen molar-refractivity contribution < 1.29 is 4.92 Å². The maximum absolute atomic E-state index is 10.8. The summed E-state index contributed by atoms with van der Waals surface area (Å²) in [6.45, 7) is 4.63. The minimum atomic E-state index is -0.424. The summed E-state index contributed by atoms with van der Waals surface area (Å²) in [6, 6.07) is 4.55. The predicted molar refractivity (Wildman–Crippen MR) is 74.1 cm³/mol. The molecule has 0 spiro atoms. The first kappa shape index (κ1) is 12.9. The molecular weight excluding hydrogens is 244 g/mol. The van der Waals surface area contributed by atoms with Crippen molar-refractivity contribution in [3.63, 3.8) is 0 Å². The predicted octanol–water partition coefficient (Wildman–Crippen LogP) is 2.92. The molecule has 0 bridgehead atoms. The number of anilines is 1. The Bertz CT molecular complexity index is 648. The summed E-state index contributed by atoms with van der Waals surface area (Å²) in [5, 5.41) is 14.6. The molecule has 0 aliphatic rings. The Kier molecular flexibility index (Phi) is 3.70. The highest BCUT2D eigenvalue weighted by molar-refractivity contribution is 5.90. The summed E-state index contributed by atoms with van der Waals surface area (Å²) in [7, 11) is 0. The highest BCUT2D eigenvalue weighted by Gasteiger charge is 2.09. The average Bonchev–Trinajstić information content (AvgIpc) is 2.38. The number of hydrogen-bond acceptors (Lipinski definition) is 5. The van der Waals surface area contributed by atoms with Crippen LogP contribution < -0.4 is 5.32 Å². The Morgan fingerprint density at radius 1 is 1.42 bits per heavy atom. The lowest BCUT2D eigenvalue weighted by Crippen LogP contribution is -2.02. The van der Waals surface area contributed by atoms with E-state index in [9.17, 15) is 10.1 Å². The maximum atomic E-state index is 10.8. The lowest BCUT2D eigenvalue weighted by molar-refractivity contribution is -0.384. The number of nitrogens with zero attached hydrogens (tertiary/aromatic N) is 3. The molecule has 2 rings (SSSR count). The lowest BCUT2D eigenvalue weighted by Gasteiger charge is -2.06. The number of nitro benzene ring substituents is 1. The molecule has 0 aliphatic heterocycles. The van der Waals surface area contributed by atoms with Gasteiger partial charge < -0.3 is 5.32 Å². The topological polar surface area (TPSA) is 81.0 Å². The van der Waals surface area contributed by atoms with E-state index in [2.05, 4.69) is 15.3 Å². The third kappa shape index (κ3) is 3.04. The molecule has 0 unspecified atom stereocenters. The fourth-order valence-corrected chi connectivity index (χ4v) is 1.65. The monoisotopic (exact) mass is 258 g/mol. The molecule has 0 radical (unpaired) electrons. The van der Waals surface area contributed by atoms with Gasteiger partial charge in [0.25, 0.3) is 5.69 Å². The fraction of sp³-hybridized carbons (Fsp3) is 0.231. The quantitative estimate of drug-likeness (QED) is 0.518. The number of nitro groups is 1. The third-order valence-corrected chi connectivity index (χ3v) is 2.61. The molecule has 0 saturated heterocycles. The van der Waals surface area contributed by atoms with Crippen LogP contribution in [0.1, 0.15) is 13.8 Å². The number of allylic oxidation sites excluding steroid dienone is 1. The van der Waals surface area contributed by atoms with E-state index in [-0.39, 0.29) is 5.69 Å². The van der Waals surface area contributed by atoms with Gasteiger partial charge in [-0.25, -0.2) is 9.97 Å². The minimum Gasteiger partial charge on any atom is -0.366 e. The highest BCUT2D eigenvalue weighted by atomic mass is 16.6. The number of non-ortho nitro benzene ring substituents is 1. The standard InChI is InChI=1S/C13H14N4O2/c1-9(2)5-6-14-13-11-7-10(17(18)19)3-4-12(11)15-8-16-13/h3-5,7-8H,6H2,1-2H3,(H,14,15,16). The van der Waals surface area contributed by atoms with E-state index in [1.165, 1.54) is 24.0 Å². The number of nitrogens with one attached hydrogen (secondary N) is 1. The molecule has 0 amide bonds. The largest absolute Gasteiger partial charge is 0.366 e. The van der Waals surface area contributed by atoms with Gasteiger partial charge in [0.05, 0.1) is 10.4 Å². The van der Waals surface area contributed by atoms with E-state index in [0.29, 0.717) is 23.3 Å². The second-order valence-electron chi connectivity index (χ2n) is 4.34. The van der Waals surface area contributed by atoms with Crippen molar-refractivity contribution in [2.24, 2.45) is 0 Å². The van der Waals surface area contributed by atoms with Gasteiger partial charge in [-0.05, 0) is 19.9 Å². The molecule has 6 nitrogen and oxygen atoms in total. The van der Waals surface area contributed by atoms with Gasteiger partial charge in [-0.3, -0.25) is 10.1 Å². The maximum Gasteiger partial charge on any atom is 0.270 e. The summed E-state index contributed by atoms with van der Waals surface area (Å²) < 4.78 is 0. The second kappa shape index (κ2) is 5.43. The highest BCUT2D eigenvalue weighted by Crippen LogP contribution is 2.24. The molecule has 98 valence electrons. The van der Waals surface area contributed by atoms with Crippen LogP contribution in [0.25, 0.3) is 10.9 Å². The summed E-state index contributed by atoms with van der Waals surface area (Å²) >= 11 is 0. The van der Waals surface area contributed by atoms with Crippen LogP contribution >= 0.6 is 0 Å². The smallest absolute Gasteiger partial charge is 0.270 e. The molecule has 0 atom stereocenters. The first-order chi connectivity index (χ1) is 9.08. The Morgan fingerprint density at radius 2 is 2.21 bits per heavy atom. The van der Waals surface area contributed by atoms with Gasteiger partial charge in [-0.2, -0.15) is 0 Å². The summed E-state index contributed by atoms with van der Waals surface area (Å²) in [5.41, 5.74) is 1.91. The van der Waals surface area contributed by atoms with Crippen LogP contribution in [0.5, 0.6) is 0 Å². The summed E-state index contributed by atoms with van der Waals surface area (Å²) in [6.07, 6.45) is 3.46. The number of rotatable bonds is 4. The molecule has 1 heterocycles. The molecule has 1 aromatic carbocycles. The number of hydrogen-bond donors (Lipinski definition) is 1. The lowest BCUT2D eigenvalue weighted by atomic mass is 10.2.